The van der Waals surface area contributed by atoms with Crippen LogP contribution in [0.4, 0.5) is 35.1 Å². The fourth-order valence-electron chi connectivity index (χ4n) is 3.12. The van der Waals surface area contributed by atoms with Crippen LogP contribution in [0.3, 0.4) is 0 Å². The minimum Gasteiger partial charge on any atom is -0.287 e. The third-order valence-corrected chi connectivity index (χ3v) is 4.32. The third-order valence-electron chi connectivity index (χ3n) is 4.32. The molecule has 134 valence electrons. The number of Topliss-reactive ketones (excluding diaryl/α,β-unsaturated/α-hetero) is 1. The molecule has 4 atom stereocenters. The molecule has 0 spiro atoms. The molecule has 24 heavy (non-hydrogen) atoms. The number of nitrogens with zero attached hydrogens (tertiary/aromatic N) is 2. The zero-order valence-corrected chi connectivity index (χ0v) is 11.8. The Morgan fingerprint density at radius 1 is 1.08 bits per heavy atom. The molecule has 0 bridgehead atoms. The van der Waals surface area contributed by atoms with Gasteiger partial charge in [-0.3, -0.25) is 9.48 Å². The van der Waals surface area contributed by atoms with Gasteiger partial charge in [-0.1, -0.05) is 0 Å². The molecule has 2 aliphatic rings. The molecule has 1 saturated carbocycles. The zero-order chi connectivity index (χ0) is 18.0. The lowest BCUT2D eigenvalue weighted by Crippen LogP contribution is -2.32. The number of carbonyl (C=O) groups excluding carboxylic acids is 1. The van der Waals surface area contributed by atoms with Crippen molar-refractivity contribution >= 4 is 5.78 Å². The molecule has 0 unspecified atom stereocenters. The summed E-state index contributed by atoms with van der Waals surface area (Å²) in [6, 6.07) is -1.24. The van der Waals surface area contributed by atoms with Crippen LogP contribution in [0.5, 0.6) is 0 Å². The summed E-state index contributed by atoms with van der Waals surface area (Å²) < 4.78 is 107. The summed E-state index contributed by atoms with van der Waals surface area (Å²) in [5.41, 5.74) is -4.68. The second-order valence-corrected chi connectivity index (χ2v) is 5.86. The van der Waals surface area contributed by atoms with E-state index in [2.05, 4.69) is 5.10 Å². The van der Waals surface area contributed by atoms with Crippen LogP contribution < -0.4 is 0 Å². The second-order valence-electron chi connectivity index (χ2n) is 5.86. The monoisotopic (exact) mass is 362 g/mol. The Hall–Kier alpha value is -1.68. The highest BCUT2D eigenvalue weighted by atomic mass is 19.4. The Morgan fingerprint density at radius 2 is 1.71 bits per heavy atom. The van der Waals surface area contributed by atoms with Gasteiger partial charge in [-0.2, -0.15) is 27.1 Å². The van der Waals surface area contributed by atoms with Crippen LogP contribution in [-0.4, -0.2) is 33.8 Å². The molecule has 2 aliphatic carbocycles. The van der Waals surface area contributed by atoms with E-state index in [9.17, 15) is 39.9 Å². The lowest BCUT2D eigenvalue weighted by atomic mass is 9.92. The minimum atomic E-state index is -5.27. The van der Waals surface area contributed by atoms with Crippen LogP contribution in [0, 0.1) is 0 Å². The maximum atomic E-state index is 14.0. The minimum absolute atomic E-state index is 0.209. The van der Waals surface area contributed by atoms with E-state index in [1.165, 1.54) is 0 Å². The van der Waals surface area contributed by atoms with Gasteiger partial charge < -0.3 is 0 Å². The smallest absolute Gasteiger partial charge is 0.287 e. The van der Waals surface area contributed by atoms with E-state index in [1.807, 2.05) is 0 Å². The van der Waals surface area contributed by atoms with Gasteiger partial charge in [-0.05, 0) is 12.8 Å². The summed E-state index contributed by atoms with van der Waals surface area (Å²) in [5.74, 6) is -6.96. The molecule has 0 radical (unpaired) electrons. The highest BCUT2D eigenvalue weighted by Crippen LogP contribution is 2.51. The van der Waals surface area contributed by atoms with Crippen molar-refractivity contribution in [3.63, 3.8) is 0 Å². The molecular weight excluding hydrogens is 352 g/mol. The van der Waals surface area contributed by atoms with E-state index in [0.29, 0.717) is 4.68 Å². The Morgan fingerprint density at radius 3 is 2.25 bits per heavy atom. The average molecular weight is 362 g/mol. The van der Waals surface area contributed by atoms with Crippen molar-refractivity contribution in [1.29, 1.82) is 0 Å². The van der Waals surface area contributed by atoms with Crippen LogP contribution in [0.25, 0.3) is 0 Å². The number of rotatable bonds is 1. The number of alkyl halides is 8. The molecule has 1 aromatic rings. The summed E-state index contributed by atoms with van der Waals surface area (Å²) in [6.45, 7) is 0. The molecule has 1 aromatic heterocycles. The second kappa shape index (κ2) is 5.16. The first kappa shape index (κ1) is 17.2. The molecule has 0 N–H and O–H groups in total. The van der Waals surface area contributed by atoms with Gasteiger partial charge in [0.25, 0.3) is 0 Å². The first-order valence-corrected chi connectivity index (χ1v) is 7.00. The number of hydrogen-bond acceptors (Lipinski definition) is 2. The summed E-state index contributed by atoms with van der Waals surface area (Å²) in [6.07, 6.45) is -13.7. The van der Waals surface area contributed by atoms with Gasteiger partial charge in [0.2, 0.25) is 12.0 Å². The molecular formula is C13H10F8N2O. The topological polar surface area (TPSA) is 34.9 Å². The van der Waals surface area contributed by atoms with Crippen molar-refractivity contribution in [3.8, 4) is 0 Å². The molecule has 0 aromatic carbocycles. The first-order valence-electron chi connectivity index (χ1n) is 7.00. The van der Waals surface area contributed by atoms with Crippen molar-refractivity contribution in [1.82, 2.24) is 9.78 Å². The van der Waals surface area contributed by atoms with Crippen molar-refractivity contribution < 1.29 is 39.9 Å². The maximum absolute atomic E-state index is 14.0. The van der Waals surface area contributed by atoms with Crippen molar-refractivity contribution in [2.75, 3.05) is 0 Å². The van der Waals surface area contributed by atoms with E-state index in [0.717, 1.165) is 0 Å². The summed E-state index contributed by atoms with van der Waals surface area (Å²) in [5, 5.41) is 3.06. The van der Waals surface area contributed by atoms with E-state index < -0.39 is 65.8 Å². The zero-order valence-electron chi connectivity index (χ0n) is 11.8. The van der Waals surface area contributed by atoms with Gasteiger partial charge in [-0.25, -0.2) is 13.2 Å². The van der Waals surface area contributed by atoms with Gasteiger partial charge in [-0.15, -0.1) is 0 Å². The van der Waals surface area contributed by atoms with Crippen molar-refractivity contribution in [3.05, 3.63) is 17.0 Å². The molecule has 0 aliphatic heterocycles. The summed E-state index contributed by atoms with van der Waals surface area (Å²) in [7, 11) is 0. The van der Waals surface area contributed by atoms with Crippen LogP contribution in [-0.2, 0) is 6.18 Å². The predicted octanol–water partition coefficient (Wildman–Crippen LogP) is 4.15. The lowest BCUT2D eigenvalue weighted by Gasteiger charge is -2.29. The SMILES string of the molecule is O=C1c2c(C(F)(F)F)nn([C@@H]3CC[C@@H](F)[C@@H](F)C3)c2[C@H](F)C1(F)F. The van der Waals surface area contributed by atoms with E-state index in [4.69, 9.17) is 0 Å². The summed E-state index contributed by atoms with van der Waals surface area (Å²) >= 11 is 0. The van der Waals surface area contributed by atoms with Crippen molar-refractivity contribution in [2.24, 2.45) is 0 Å². The Balaban J connectivity index is 2.13. The lowest BCUT2D eigenvalue weighted by molar-refractivity contribution is -0.142. The van der Waals surface area contributed by atoms with Crippen LogP contribution in [0.1, 0.15) is 53.2 Å². The van der Waals surface area contributed by atoms with Gasteiger partial charge >= 0.3 is 12.1 Å². The summed E-state index contributed by atoms with van der Waals surface area (Å²) in [4.78, 5) is 11.5. The van der Waals surface area contributed by atoms with Crippen LogP contribution in [0.15, 0.2) is 0 Å². The normalized spacial score (nSPS) is 32.9. The van der Waals surface area contributed by atoms with E-state index in [-0.39, 0.29) is 12.8 Å². The number of aromatic nitrogens is 2. The molecule has 1 fully saturated rings. The van der Waals surface area contributed by atoms with Crippen LogP contribution >= 0.6 is 0 Å². The Labute approximate surface area is 129 Å². The number of fused-ring (bicyclic) bond motifs is 1. The average Bonchev–Trinajstić information content (AvgIpc) is 2.94. The highest BCUT2D eigenvalue weighted by molar-refractivity contribution is 6.07. The molecule has 0 saturated heterocycles. The fraction of sp³-hybridized carbons (Fsp3) is 0.692. The Bertz CT molecular complexity index is 682. The molecule has 11 heteroatoms. The van der Waals surface area contributed by atoms with E-state index in [1.54, 1.807) is 0 Å². The number of halogens is 8. The molecule has 0 amide bonds. The van der Waals surface area contributed by atoms with Gasteiger partial charge in [0.15, 0.2) is 5.69 Å². The van der Waals surface area contributed by atoms with E-state index >= 15 is 0 Å². The maximum Gasteiger partial charge on any atom is 0.435 e. The third kappa shape index (κ3) is 2.31. The number of carbonyl (C=O) groups is 1. The highest BCUT2D eigenvalue weighted by Gasteiger charge is 2.62. The Kier molecular flexibility index (Phi) is 3.69. The largest absolute Gasteiger partial charge is 0.435 e. The van der Waals surface area contributed by atoms with Gasteiger partial charge in [0.05, 0.1) is 17.3 Å². The number of hydrogen-bond donors (Lipinski definition) is 0. The first-order chi connectivity index (χ1) is 11.0. The molecule has 1 heterocycles. The van der Waals surface area contributed by atoms with Crippen molar-refractivity contribution in [2.45, 2.75) is 55.9 Å². The molecule has 3 rings (SSSR count). The molecule has 3 nitrogen and oxygen atoms in total. The van der Waals surface area contributed by atoms with Crippen LogP contribution in [0.2, 0.25) is 0 Å². The van der Waals surface area contributed by atoms with Gasteiger partial charge in [0, 0.05) is 6.42 Å². The number of ketones is 1. The predicted molar refractivity (Wildman–Crippen MR) is 63.0 cm³/mol. The fourth-order valence-corrected chi connectivity index (χ4v) is 3.12. The quantitative estimate of drug-likeness (QED) is 0.704. The van der Waals surface area contributed by atoms with Gasteiger partial charge in [0.1, 0.15) is 12.3 Å². The standard InChI is InChI=1S/C13H10F8N2O/c14-5-2-1-4(3-6(5)15)23-8-7(10(22-23)13(19,20)21)11(24)12(17,18)9(8)16/h4-6,9H,1-3H2/t4-,5-,6+,9+/m1/s1.